The highest BCUT2D eigenvalue weighted by atomic mass is 32.2. The van der Waals surface area contributed by atoms with Crippen LogP contribution in [0.25, 0.3) is 11.2 Å². The minimum atomic E-state index is -1.19. The summed E-state index contributed by atoms with van der Waals surface area (Å²) in [6.45, 7) is -0.390. The third-order valence-corrected chi connectivity index (χ3v) is 7.75. The molecule has 14 nitrogen and oxygen atoms in total. The van der Waals surface area contributed by atoms with E-state index in [0.29, 0.717) is 16.4 Å². The molecule has 192 valence electrons. The van der Waals surface area contributed by atoms with Crippen molar-refractivity contribution in [2.24, 2.45) is 0 Å². The number of rotatable bonds is 7. The van der Waals surface area contributed by atoms with Gasteiger partial charge in [-0.2, -0.15) is 11.8 Å². The van der Waals surface area contributed by atoms with E-state index in [2.05, 4.69) is 25.6 Å². The Bertz CT molecular complexity index is 1060. The second-order valence-corrected chi connectivity index (χ2v) is 9.85. The summed E-state index contributed by atoms with van der Waals surface area (Å²) in [4.78, 5) is 33.4. The Morgan fingerprint density at radius 2 is 2.03 bits per heavy atom. The zero-order valence-corrected chi connectivity index (χ0v) is 19.5. The third-order valence-electron chi connectivity index (χ3n) is 6.25. The van der Waals surface area contributed by atoms with Crippen LogP contribution in [0.2, 0.25) is 0 Å². The van der Waals surface area contributed by atoms with Crippen molar-refractivity contribution in [2.45, 2.75) is 67.6 Å². The minimum absolute atomic E-state index is 0.0640. The van der Waals surface area contributed by atoms with Gasteiger partial charge in [0.25, 0.3) is 0 Å². The number of nitrogens with two attached hydrogens (primary N) is 1. The first-order valence-electron chi connectivity index (χ1n) is 11.3. The number of nitrogens with one attached hydrogen (secondary N) is 2. The Balaban J connectivity index is 0.000000168. The average Bonchev–Trinajstić information content (AvgIpc) is 3.57. The maximum atomic E-state index is 11.1. The normalized spacial score (nSPS) is 31.5. The standard InChI is InChI=1S/C10H13N5O4.C10H16N2O3S/c11-8-5-9(13-2-12-8)15(3-14-5)10-7(18)6(17)4(1-16)19-10;13-8(14)4-2-1-3-7-9-6(5-16-7)11-10(15)12-9/h2-4,6-7,10,16-18H,1H2,(H2,11,12,13);6-7,9H,1-5H2,(H,13,14)(H2,11,12,15)/t4-,6-,7-,10-;6-,7-,9-/m10/s1. The van der Waals surface area contributed by atoms with E-state index in [-0.39, 0.29) is 30.4 Å². The van der Waals surface area contributed by atoms with E-state index in [1.54, 1.807) is 0 Å². The number of fused-ring (bicyclic) bond motifs is 2. The van der Waals surface area contributed by atoms with Crippen LogP contribution < -0.4 is 16.4 Å². The van der Waals surface area contributed by atoms with Gasteiger partial charge in [0.1, 0.15) is 30.2 Å². The maximum Gasteiger partial charge on any atom is 0.315 e. The number of ether oxygens (including phenoxy) is 1. The van der Waals surface area contributed by atoms with Crippen molar-refractivity contribution < 1.29 is 34.8 Å². The number of amides is 2. The first kappa shape index (κ1) is 25.4. The van der Waals surface area contributed by atoms with Gasteiger partial charge >= 0.3 is 12.0 Å². The SMILES string of the molecule is Nc1ncnc2c1ncn2[C@@H]1O[C@H](CO)[C@@H](O)[C@H]1O.O=C(O)CCCC[C@@H]1SC[C@@H]2NC(=O)N[C@@H]21. The van der Waals surface area contributed by atoms with Crippen molar-refractivity contribution >= 4 is 40.7 Å². The Morgan fingerprint density at radius 3 is 2.74 bits per heavy atom. The number of unbranched alkanes of at least 4 members (excludes halogenated alkanes) is 1. The van der Waals surface area contributed by atoms with Crippen LogP contribution in [0.5, 0.6) is 0 Å². The van der Waals surface area contributed by atoms with E-state index >= 15 is 0 Å². The Labute approximate surface area is 204 Å². The fourth-order valence-corrected chi connectivity index (χ4v) is 5.97. The molecule has 8 N–H and O–H groups in total. The molecule has 2 aromatic heterocycles. The number of carboxylic acids is 1. The number of carbonyl (C=O) groups excluding carboxylic acids is 1. The van der Waals surface area contributed by atoms with E-state index in [0.717, 1.165) is 25.0 Å². The van der Waals surface area contributed by atoms with E-state index in [1.807, 2.05) is 11.8 Å². The number of urea groups is 1. The van der Waals surface area contributed by atoms with Gasteiger partial charge in [0, 0.05) is 17.4 Å². The molecule has 2 amide bonds. The Kier molecular flexibility index (Phi) is 7.91. The molecule has 3 saturated heterocycles. The molecule has 5 heterocycles. The lowest BCUT2D eigenvalue weighted by molar-refractivity contribution is -0.137. The summed E-state index contributed by atoms with van der Waals surface area (Å²) in [7, 11) is 0. The average molecular weight is 512 g/mol. The molecule has 0 radical (unpaired) electrons. The molecule has 5 rings (SSSR count). The van der Waals surface area contributed by atoms with Crippen LogP contribution in [0.3, 0.4) is 0 Å². The van der Waals surface area contributed by atoms with E-state index in [9.17, 15) is 19.8 Å². The van der Waals surface area contributed by atoms with Crippen molar-refractivity contribution in [1.29, 1.82) is 0 Å². The number of hydrogen-bond donors (Lipinski definition) is 7. The van der Waals surface area contributed by atoms with Crippen LogP contribution in [0.4, 0.5) is 10.6 Å². The van der Waals surface area contributed by atoms with E-state index < -0.39 is 37.1 Å². The first-order valence-corrected chi connectivity index (χ1v) is 12.3. The van der Waals surface area contributed by atoms with Gasteiger partial charge in [0.2, 0.25) is 0 Å². The first-order chi connectivity index (χ1) is 16.8. The highest BCUT2D eigenvalue weighted by molar-refractivity contribution is 8.00. The Hall–Kier alpha value is -2.72. The quantitative estimate of drug-likeness (QED) is 0.172. The maximum absolute atomic E-state index is 11.1. The highest BCUT2D eigenvalue weighted by Gasteiger charge is 2.44. The third kappa shape index (κ3) is 5.43. The van der Waals surface area contributed by atoms with Crippen molar-refractivity contribution in [3.05, 3.63) is 12.7 Å². The molecule has 0 saturated carbocycles. The predicted molar refractivity (Wildman–Crippen MR) is 124 cm³/mol. The van der Waals surface area contributed by atoms with Gasteiger partial charge in [-0.3, -0.25) is 9.36 Å². The number of aliphatic hydroxyl groups is 3. The fourth-order valence-electron chi connectivity index (χ4n) is 4.43. The number of aliphatic hydroxyl groups excluding tert-OH is 3. The van der Waals surface area contributed by atoms with Crippen LogP contribution in [-0.4, -0.2) is 100.0 Å². The van der Waals surface area contributed by atoms with Crippen LogP contribution in [-0.2, 0) is 9.53 Å². The number of carbonyl (C=O) groups is 2. The molecule has 3 fully saturated rings. The van der Waals surface area contributed by atoms with Gasteiger partial charge in [0.05, 0.1) is 25.0 Å². The summed E-state index contributed by atoms with van der Waals surface area (Å²) in [5, 5.41) is 43.5. The largest absolute Gasteiger partial charge is 0.481 e. The predicted octanol–water partition coefficient (Wildman–Crippen LogP) is -1.18. The summed E-state index contributed by atoms with van der Waals surface area (Å²) in [6, 6.07) is 0.440. The van der Waals surface area contributed by atoms with Gasteiger partial charge in [-0.1, -0.05) is 6.42 Å². The number of nitrogens with zero attached hydrogens (tertiary/aromatic N) is 4. The second-order valence-electron chi connectivity index (χ2n) is 8.57. The van der Waals surface area contributed by atoms with Crippen molar-refractivity contribution in [3.63, 3.8) is 0 Å². The number of imidazole rings is 1. The minimum Gasteiger partial charge on any atom is -0.481 e. The topological polar surface area (TPSA) is 218 Å². The van der Waals surface area contributed by atoms with Crippen LogP contribution in [0.1, 0.15) is 31.9 Å². The number of hydrogen-bond acceptors (Lipinski definition) is 11. The monoisotopic (exact) mass is 511 g/mol. The molecule has 0 aromatic carbocycles. The molecule has 35 heavy (non-hydrogen) atoms. The Morgan fingerprint density at radius 1 is 1.23 bits per heavy atom. The highest BCUT2D eigenvalue weighted by Crippen LogP contribution is 2.33. The molecule has 0 unspecified atom stereocenters. The fraction of sp³-hybridized carbons (Fsp3) is 0.650. The number of aliphatic carboxylic acids is 1. The molecular formula is C20H29N7O7S. The zero-order valence-electron chi connectivity index (χ0n) is 18.7. The number of aromatic nitrogens is 4. The molecule has 0 bridgehead atoms. The van der Waals surface area contributed by atoms with Gasteiger partial charge < -0.3 is 41.5 Å². The summed E-state index contributed by atoms with van der Waals surface area (Å²) in [6.07, 6.45) is 1.46. The summed E-state index contributed by atoms with van der Waals surface area (Å²) in [5.74, 6) is 0.454. The second kappa shape index (κ2) is 10.9. The van der Waals surface area contributed by atoms with Crippen molar-refractivity contribution in [1.82, 2.24) is 30.2 Å². The lowest BCUT2D eigenvalue weighted by Gasteiger charge is -2.16. The summed E-state index contributed by atoms with van der Waals surface area (Å²) in [5.41, 5.74) is 6.44. The molecular weight excluding hydrogens is 482 g/mol. The van der Waals surface area contributed by atoms with Crippen molar-refractivity contribution in [2.75, 3.05) is 18.1 Å². The molecule has 2 aromatic rings. The molecule has 3 aliphatic rings. The van der Waals surface area contributed by atoms with Gasteiger partial charge in [-0.15, -0.1) is 0 Å². The van der Waals surface area contributed by atoms with Crippen LogP contribution in [0, 0.1) is 0 Å². The van der Waals surface area contributed by atoms with E-state index in [4.69, 9.17) is 20.7 Å². The summed E-state index contributed by atoms with van der Waals surface area (Å²) < 4.78 is 6.85. The molecule has 15 heteroatoms. The number of thioether (sulfide) groups is 1. The van der Waals surface area contributed by atoms with Gasteiger partial charge in [0.15, 0.2) is 17.7 Å². The lowest BCUT2D eigenvalue weighted by atomic mass is 10.0. The number of nitrogen functional groups attached to an aromatic ring is 1. The van der Waals surface area contributed by atoms with Crippen LogP contribution in [0.15, 0.2) is 12.7 Å². The molecule has 3 aliphatic heterocycles. The molecule has 0 aliphatic carbocycles. The molecule has 7 atom stereocenters. The van der Waals surface area contributed by atoms with Crippen LogP contribution >= 0.6 is 11.8 Å². The zero-order chi connectivity index (χ0) is 25.1. The smallest absolute Gasteiger partial charge is 0.315 e. The molecule has 0 spiro atoms. The van der Waals surface area contributed by atoms with Gasteiger partial charge in [-0.25, -0.2) is 19.7 Å². The van der Waals surface area contributed by atoms with Crippen molar-refractivity contribution in [3.8, 4) is 0 Å². The van der Waals surface area contributed by atoms with Gasteiger partial charge in [-0.05, 0) is 12.8 Å². The number of carboxylic acid groups (broad SMARTS) is 1. The van der Waals surface area contributed by atoms with E-state index in [1.165, 1.54) is 17.2 Å². The number of anilines is 1. The lowest BCUT2D eigenvalue weighted by Crippen LogP contribution is -2.36. The summed E-state index contributed by atoms with van der Waals surface area (Å²) >= 11 is 1.87.